The number of para-hydroxylation sites is 1. The summed E-state index contributed by atoms with van der Waals surface area (Å²) in [5.74, 6) is 0.313. The van der Waals surface area contributed by atoms with Gasteiger partial charge in [0.15, 0.2) is 11.2 Å². The van der Waals surface area contributed by atoms with E-state index in [1.165, 1.54) is 87.6 Å². The Labute approximate surface area is 435 Å². The predicted molar refractivity (Wildman–Crippen MR) is 287 cm³/mol. The van der Waals surface area contributed by atoms with Gasteiger partial charge in [0.1, 0.15) is 22.7 Å². The van der Waals surface area contributed by atoms with Gasteiger partial charge in [0, 0.05) is 64.8 Å². The van der Waals surface area contributed by atoms with Crippen LogP contribution in [-0.2, 0) is 59.3 Å². The van der Waals surface area contributed by atoms with E-state index in [-0.39, 0.29) is 46.9 Å². The highest BCUT2D eigenvalue weighted by molar-refractivity contribution is 5.91. The van der Waals surface area contributed by atoms with E-state index in [0.717, 1.165) is 34.4 Å². The van der Waals surface area contributed by atoms with Crippen LogP contribution in [0.4, 0.5) is 0 Å². The molecule has 6 aromatic rings. The molecular formula is C57H73ClN6O9. The quantitative estimate of drug-likeness (QED) is 0.0975. The lowest BCUT2D eigenvalue weighted by molar-refractivity contribution is -0.168. The number of benzene rings is 4. The van der Waals surface area contributed by atoms with E-state index in [9.17, 15) is 24.0 Å². The third-order valence-electron chi connectivity index (χ3n) is 14.6. The van der Waals surface area contributed by atoms with E-state index in [0.29, 0.717) is 29.4 Å². The number of aryl methyl sites for hydroxylation is 2. The maximum absolute atomic E-state index is 12.3. The summed E-state index contributed by atoms with van der Waals surface area (Å²) in [6.07, 6.45) is 10.8. The van der Waals surface area contributed by atoms with Gasteiger partial charge in [-0.2, -0.15) is 0 Å². The van der Waals surface area contributed by atoms with Crippen molar-refractivity contribution >= 4 is 41.5 Å². The van der Waals surface area contributed by atoms with Crippen molar-refractivity contribution in [3.05, 3.63) is 158 Å². The highest BCUT2D eigenvalue weighted by atomic mass is 35.5. The Hall–Kier alpha value is -6.55. The molecule has 2 bridgehead atoms. The summed E-state index contributed by atoms with van der Waals surface area (Å²) in [6, 6.07) is 34.0. The van der Waals surface area contributed by atoms with Crippen molar-refractivity contribution in [2.45, 2.75) is 89.2 Å². The molecule has 5 atom stereocenters. The third kappa shape index (κ3) is 13.0. The number of imidazole rings is 1. The molecule has 3 aliphatic rings. The van der Waals surface area contributed by atoms with Crippen molar-refractivity contribution < 1.29 is 33.7 Å². The normalized spacial score (nSPS) is 18.7. The third-order valence-corrected chi connectivity index (χ3v) is 14.6. The monoisotopic (exact) mass is 1020 g/mol. The minimum absolute atomic E-state index is 0. The van der Waals surface area contributed by atoms with Crippen molar-refractivity contribution in [3.8, 4) is 11.5 Å². The molecule has 1 aliphatic heterocycles. The maximum atomic E-state index is 12.3. The Morgan fingerprint density at radius 3 is 2.18 bits per heavy atom. The smallest absolute Gasteiger partial charge is 0.339 e. The molecule has 4 aromatic carbocycles. The Balaban J connectivity index is 0.000000186. The molecule has 0 radical (unpaired) electrons. The number of hydrogen-bond donors (Lipinski definition) is 1. The lowest BCUT2D eigenvalue weighted by atomic mass is 9.52. The van der Waals surface area contributed by atoms with Crippen molar-refractivity contribution in [3.63, 3.8) is 0 Å². The van der Waals surface area contributed by atoms with Gasteiger partial charge in [0.25, 0.3) is 5.56 Å². The van der Waals surface area contributed by atoms with Gasteiger partial charge in [-0.15, -0.1) is 12.4 Å². The molecule has 2 aliphatic carbocycles. The van der Waals surface area contributed by atoms with Gasteiger partial charge in [0.2, 0.25) is 0 Å². The lowest BCUT2D eigenvalue weighted by Gasteiger charge is -2.58. The van der Waals surface area contributed by atoms with Crippen LogP contribution in [0.1, 0.15) is 91.9 Å². The molecule has 73 heavy (non-hydrogen) atoms. The van der Waals surface area contributed by atoms with Crippen molar-refractivity contribution in [2.75, 3.05) is 41.3 Å². The molecular weight excluding hydrogens is 948 g/mol. The van der Waals surface area contributed by atoms with Crippen LogP contribution in [-0.4, -0.2) is 98.9 Å². The zero-order valence-electron chi connectivity index (χ0n) is 44.0. The molecule has 1 saturated carbocycles. The van der Waals surface area contributed by atoms with Gasteiger partial charge in [-0.05, 0) is 106 Å². The van der Waals surface area contributed by atoms with Crippen LogP contribution >= 0.6 is 12.4 Å². The van der Waals surface area contributed by atoms with Gasteiger partial charge in [-0.3, -0.25) is 23.5 Å². The first-order valence-electron chi connectivity index (χ1n) is 24.8. The van der Waals surface area contributed by atoms with E-state index >= 15 is 0 Å². The predicted octanol–water partition coefficient (Wildman–Crippen LogP) is 8.36. The summed E-state index contributed by atoms with van der Waals surface area (Å²) in [5, 5.41) is 8.69. The molecule has 16 heteroatoms. The summed E-state index contributed by atoms with van der Waals surface area (Å²) in [6.45, 7) is 7.32. The molecule has 392 valence electrons. The molecule has 2 fully saturated rings. The fourth-order valence-electron chi connectivity index (χ4n) is 11.0. The minimum Gasteiger partial charge on any atom is -0.497 e. The SMILES string of the molecule is CC(=O)Oc1ccccc1C(=O)O.CCC(=O)O[C@](Cc1ccccc1)(c1ccccc1)[C@H](C)CN(C)C.COc1ccc2c(c1)[C@]13CCCC[C@@H]1[C@H](C2)N(C)CC3.Cl.Cn1c(=O)c2c(ncn2C)n(C)c1=O. The number of likely N-dealkylation sites (N-methyl/N-ethyl adjacent to an activating group) is 1. The molecule has 0 spiro atoms. The Morgan fingerprint density at radius 2 is 1.55 bits per heavy atom. The highest BCUT2D eigenvalue weighted by Gasteiger charge is 2.53. The average molecular weight is 1020 g/mol. The zero-order valence-corrected chi connectivity index (χ0v) is 44.8. The Morgan fingerprint density at radius 1 is 0.890 bits per heavy atom. The highest BCUT2D eigenvalue weighted by Crippen LogP contribution is 2.56. The standard InChI is InChI=1S/C22H29NO2.C18H25NO.C9H8O4.C8H10N4O2.ClH/c1-5-21(24)25-22(18(2)17-23(3)4,20-14-10-7-11-15-20)16-19-12-8-6-9-13-19;1-19-10-9-18-8-4-3-5-15(18)17(19)11-13-6-7-14(20-2)12-16(13)18;1-6(10)13-8-5-3-2-4-7(8)9(11)12;1-10-4-9-6-5(10)7(13)12(3)8(14)11(6)2;/h6-15,18H,5,16-17H2,1-4H3;6-7,12,15,17H,3-5,8-11H2,1-2H3;2-5H,1H3,(H,11,12);4H,1-3H3;1H/t18-,22+;15-,17+,18+;;;/m11.../s1. The van der Waals surface area contributed by atoms with E-state index in [4.69, 9.17) is 14.6 Å². The first kappa shape index (κ1) is 57.4. The fourth-order valence-corrected chi connectivity index (χ4v) is 11.0. The van der Waals surface area contributed by atoms with Crippen LogP contribution in [0.2, 0.25) is 0 Å². The molecule has 15 nitrogen and oxygen atoms in total. The zero-order chi connectivity index (χ0) is 52.3. The first-order valence-corrected chi connectivity index (χ1v) is 24.8. The van der Waals surface area contributed by atoms with Gasteiger partial charge in [0.05, 0.1) is 13.4 Å². The van der Waals surface area contributed by atoms with E-state index in [2.05, 4.69) is 90.1 Å². The number of rotatable bonds is 11. The van der Waals surface area contributed by atoms with E-state index in [1.807, 2.05) is 43.3 Å². The summed E-state index contributed by atoms with van der Waals surface area (Å²) < 4.78 is 20.4. The summed E-state index contributed by atoms with van der Waals surface area (Å²) in [4.78, 5) is 65.5. The number of ether oxygens (including phenoxy) is 3. The average Bonchev–Trinajstić information content (AvgIpc) is 3.77. The summed E-state index contributed by atoms with van der Waals surface area (Å²) in [7, 11) is 13.0. The van der Waals surface area contributed by atoms with Crippen LogP contribution in [0.5, 0.6) is 11.5 Å². The molecule has 9 rings (SSSR count). The number of carbonyl (C=O) groups is 3. The number of hydrogen-bond acceptors (Lipinski definition) is 11. The van der Waals surface area contributed by atoms with Crippen molar-refractivity contribution in [1.29, 1.82) is 0 Å². The van der Waals surface area contributed by atoms with Crippen LogP contribution in [0.3, 0.4) is 0 Å². The number of piperidine rings is 1. The van der Waals surface area contributed by atoms with Crippen LogP contribution in [0.15, 0.2) is 119 Å². The second-order valence-corrected chi connectivity index (χ2v) is 19.6. The first-order chi connectivity index (χ1) is 34.4. The molecule has 1 N–H and O–H groups in total. The summed E-state index contributed by atoms with van der Waals surface area (Å²) >= 11 is 0. The molecule has 2 aromatic heterocycles. The number of halogens is 1. The van der Waals surface area contributed by atoms with E-state index < -0.39 is 17.5 Å². The maximum Gasteiger partial charge on any atom is 0.339 e. The van der Waals surface area contributed by atoms with Crippen LogP contribution in [0, 0.1) is 11.8 Å². The van der Waals surface area contributed by atoms with Gasteiger partial charge in [-0.1, -0.05) is 106 Å². The number of aromatic carboxylic acids is 1. The number of carboxylic acid groups (broad SMARTS) is 1. The van der Waals surface area contributed by atoms with Gasteiger partial charge < -0.3 is 33.7 Å². The van der Waals surface area contributed by atoms with Crippen molar-refractivity contribution in [2.24, 2.45) is 33.0 Å². The largest absolute Gasteiger partial charge is 0.497 e. The fraction of sp³-hybridized carbons (Fsp3) is 0.439. The second-order valence-electron chi connectivity index (χ2n) is 19.6. The van der Waals surface area contributed by atoms with Crippen LogP contribution < -0.4 is 20.7 Å². The Kier molecular flexibility index (Phi) is 20.0. The topological polar surface area (TPSA) is 167 Å². The molecule has 0 amide bonds. The number of methoxy groups -OCH3 is 1. The molecule has 1 saturated heterocycles. The number of carboxylic acids is 1. The Bertz CT molecular complexity index is 2940. The second kappa shape index (κ2) is 25.4. The van der Waals surface area contributed by atoms with Crippen LogP contribution in [0.25, 0.3) is 11.2 Å². The number of carbonyl (C=O) groups excluding carboxylic acids is 2. The van der Waals surface area contributed by atoms with E-state index in [1.54, 1.807) is 49.0 Å². The number of likely N-dealkylation sites (tertiary alicyclic amines) is 1. The molecule has 3 heterocycles. The van der Waals surface area contributed by atoms with Crippen molar-refractivity contribution in [1.82, 2.24) is 28.5 Å². The minimum atomic E-state index is -1.11. The lowest BCUT2D eigenvalue weighted by Crippen LogP contribution is -2.59. The number of fused-ring (bicyclic) bond motifs is 2. The van der Waals surface area contributed by atoms with Gasteiger partial charge >= 0.3 is 23.6 Å². The van der Waals surface area contributed by atoms with Gasteiger partial charge in [-0.25, -0.2) is 14.6 Å². The number of esters is 2. The summed E-state index contributed by atoms with van der Waals surface area (Å²) in [5.41, 5.74) is 5.37. The number of nitrogens with zero attached hydrogens (tertiary/aromatic N) is 6. The molecule has 0 unspecified atom stereocenters. The number of aromatic nitrogens is 4.